The fourth-order valence-electron chi connectivity index (χ4n) is 0.656. The smallest absolute Gasteiger partial charge is 0.118 e. The third kappa shape index (κ3) is 2.48. The summed E-state index contributed by atoms with van der Waals surface area (Å²) in [6.07, 6.45) is 2.59. The molecule has 1 fully saturated rings. The van der Waals surface area contributed by atoms with E-state index in [1.807, 2.05) is 6.21 Å². The average Bonchev–Trinajstić information content (AvgIpc) is 2.40. The van der Waals surface area contributed by atoms with E-state index in [1.165, 1.54) is 0 Å². The summed E-state index contributed by atoms with van der Waals surface area (Å²) in [6.45, 7) is 8.29. The molecule has 0 saturated carbocycles. The number of nitrogens with zero attached hydrogens (tertiary/aromatic N) is 1. The summed E-state index contributed by atoms with van der Waals surface area (Å²) in [5, 5.41) is 0. The van der Waals surface area contributed by atoms with Crippen LogP contribution < -0.4 is 0 Å². The molecular weight excluding hydrogens is 126 g/mol. The minimum Gasteiger partial charge on any atom is -0.364 e. The summed E-state index contributed by atoms with van der Waals surface area (Å²) in [7, 11) is 0. The van der Waals surface area contributed by atoms with Gasteiger partial charge < -0.3 is 4.74 Å². The lowest BCUT2D eigenvalue weighted by atomic mass is 10.1. The van der Waals surface area contributed by atoms with Gasteiger partial charge in [-0.25, -0.2) is 0 Å². The largest absolute Gasteiger partial charge is 0.364 e. The molecule has 0 N–H and O–H groups in total. The molecule has 2 atom stereocenters. The predicted octanol–water partition coefficient (Wildman–Crippen LogP) is 1.64. The first-order valence-electron chi connectivity index (χ1n) is 3.70. The lowest BCUT2D eigenvalue weighted by Crippen LogP contribution is -2.10. The van der Waals surface area contributed by atoms with E-state index in [0.29, 0.717) is 12.2 Å². The van der Waals surface area contributed by atoms with Crippen LogP contribution in [0.25, 0.3) is 0 Å². The molecule has 0 aromatic heterocycles. The van der Waals surface area contributed by atoms with Crippen molar-refractivity contribution in [2.45, 2.75) is 45.4 Å². The van der Waals surface area contributed by atoms with Crippen molar-refractivity contribution in [2.75, 3.05) is 0 Å². The number of rotatable bonds is 1. The predicted molar refractivity (Wildman–Crippen MR) is 42.6 cm³/mol. The van der Waals surface area contributed by atoms with E-state index in [0.717, 1.165) is 0 Å². The number of hydrogen-bond acceptors (Lipinski definition) is 2. The Morgan fingerprint density at radius 1 is 1.40 bits per heavy atom. The van der Waals surface area contributed by atoms with Crippen molar-refractivity contribution in [2.24, 2.45) is 4.99 Å². The van der Waals surface area contributed by atoms with E-state index in [9.17, 15) is 0 Å². The molecule has 0 amide bonds. The van der Waals surface area contributed by atoms with Gasteiger partial charge in [-0.15, -0.1) is 0 Å². The maximum Gasteiger partial charge on any atom is 0.118 e. The van der Waals surface area contributed by atoms with Gasteiger partial charge in [-0.2, -0.15) is 0 Å². The van der Waals surface area contributed by atoms with E-state index in [2.05, 4.69) is 32.7 Å². The van der Waals surface area contributed by atoms with Gasteiger partial charge in [0.2, 0.25) is 0 Å². The van der Waals surface area contributed by atoms with Crippen LogP contribution in [0.3, 0.4) is 0 Å². The summed E-state index contributed by atoms with van der Waals surface area (Å²) in [5.41, 5.74) is 0.0473. The molecule has 1 aliphatic heterocycles. The van der Waals surface area contributed by atoms with Gasteiger partial charge >= 0.3 is 0 Å². The number of epoxide rings is 1. The summed E-state index contributed by atoms with van der Waals surface area (Å²) in [6, 6.07) is 0. The molecule has 1 heterocycles. The van der Waals surface area contributed by atoms with Crippen molar-refractivity contribution in [3.05, 3.63) is 0 Å². The molecule has 2 nitrogen and oxygen atoms in total. The van der Waals surface area contributed by atoms with Crippen molar-refractivity contribution < 1.29 is 4.74 Å². The van der Waals surface area contributed by atoms with Crippen molar-refractivity contribution in [3.63, 3.8) is 0 Å². The molecule has 1 saturated heterocycles. The highest BCUT2D eigenvalue weighted by atomic mass is 16.6. The SMILES string of the molecule is C[C@H]1O[C@@H]1C=NC(C)(C)C. The third-order valence-corrected chi connectivity index (χ3v) is 1.37. The Balaban J connectivity index is 2.31. The fourth-order valence-corrected chi connectivity index (χ4v) is 0.656. The first-order valence-corrected chi connectivity index (χ1v) is 3.70. The number of aliphatic imine (C=N–C) groups is 1. The first kappa shape index (κ1) is 7.73. The van der Waals surface area contributed by atoms with Gasteiger partial charge in [0.25, 0.3) is 0 Å². The van der Waals surface area contributed by atoms with Gasteiger partial charge in [0.1, 0.15) is 6.10 Å². The van der Waals surface area contributed by atoms with Gasteiger partial charge in [-0.05, 0) is 27.7 Å². The van der Waals surface area contributed by atoms with Crippen molar-refractivity contribution in [1.82, 2.24) is 0 Å². The summed E-state index contributed by atoms with van der Waals surface area (Å²) >= 11 is 0. The lowest BCUT2D eigenvalue weighted by molar-refractivity contribution is 0.407. The molecule has 0 radical (unpaired) electrons. The average molecular weight is 141 g/mol. The Bertz CT molecular complexity index is 146. The minimum absolute atomic E-state index is 0.0473. The van der Waals surface area contributed by atoms with Crippen LogP contribution in [-0.2, 0) is 4.74 Å². The molecule has 2 heteroatoms. The molecule has 1 aliphatic rings. The second-order valence-electron chi connectivity index (χ2n) is 3.75. The highest BCUT2D eigenvalue weighted by molar-refractivity contribution is 5.67. The number of hydrogen-bond donors (Lipinski definition) is 0. The van der Waals surface area contributed by atoms with Gasteiger partial charge in [0.15, 0.2) is 0 Å². The quantitative estimate of drug-likeness (QED) is 0.402. The molecule has 0 aromatic rings. The van der Waals surface area contributed by atoms with Crippen LogP contribution in [-0.4, -0.2) is 24.0 Å². The second kappa shape index (κ2) is 2.35. The Morgan fingerprint density at radius 3 is 2.20 bits per heavy atom. The van der Waals surface area contributed by atoms with Crippen LogP contribution in [0.2, 0.25) is 0 Å². The Hall–Kier alpha value is -0.370. The molecule has 1 rings (SSSR count). The molecular formula is C8H15NO. The van der Waals surface area contributed by atoms with Gasteiger partial charge in [-0.3, -0.25) is 4.99 Å². The molecule has 0 aliphatic carbocycles. The van der Waals surface area contributed by atoms with E-state index >= 15 is 0 Å². The van der Waals surface area contributed by atoms with E-state index < -0.39 is 0 Å². The van der Waals surface area contributed by atoms with Crippen LogP contribution in [0.4, 0.5) is 0 Å². The maximum absolute atomic E-state index is 5.16. The van der Waals surface area contributed by atoms with E-state index in [4.69, 9.17) is 4.74 Å². The lowest BCUT2D eigenvalue weighted by Gasteiger charge is -2.09. The van der Waals surface area contributed by atoms with Gasteiger partial charge in [0, 0.05) is 6.21 Å². The Morgan fingerprint density at radius 2 is 1.90 bits per heavy atom. The topological polar surface area (TPSA) is 24.9 Å². The molecule has 0 bridgehead atoms. The van der Waals surface area contributed by atoms with Gasteiger partial charge in [-0.1, -0.05) is 0 Å². The van der Waals surface area contributed by atoms with Crippen LogP contribution in [0.15, 0.2) is 4.99 Å². The Kier molecular flexibility index (Phi) is 1.82. The first-order chi connectivity index (χ1) is 4.49. The molecule has 0 unspecified atom stereocenters. The summed E-state index contributed by atoms with van der Waals surface area (Å²) in [4.78, 5) is 4.32. The normalized spacial score (nSPS) is 33.2. The van der Waals surface area contributed by atoms with Crippen molar-refractivity contribution >= 4 is 6.21 Å². The highest BCUT2D eigenvalue weighted by Gasteiger charge is 2.32. The highest BCUT2D eigenvalue weighted by Crippen LogP contribution is 2.19. The Labute approximate surface area is 62.3 Å². The van der Waals surface area contributed by atoms with Crippen LogP contribution in [0.1, 0.15) is 27.7 Å². The standard InChI is InChI=1S/C8H15NO/c1-6-7(10-6)5-9-8(2,3)4/h5-7H,1-4H3/t6-,7-/m1/s1. The van der Waals surface area contributed by atoms with E-state index in [1.54, 1.807) is 0 Å². The van der Waals surface area contributed by atoms with Crippen molar-refractivity contribution in [1.29, 1.82) is 0 Å². The number of ether oxygens (including phenoxy) is 1. The second-order valence-corrected chi connectivity index (χ2v) is 3.75. The zero-order chi connectivity index (χ0) is 7.78. The molecule has 0 spiro atoms. The zero-order valence-corrected chi connectivity index (χ0v) is 7.09. The minimum atomic E-state index is 0.0473. The van der Waals surface area contributed by atoms with Crippen LogP contribution in [0.5, 0.6) is 0 Å². The van der Waals surface area contributed by atoms with Crippen molar-refractivity contribution in [3.8, 4) is 0 Å². The summed E-state index contributed by atoms with van der Waals surface area (Å²) < 4.78 is 5.16. The third-order valence-electron chi connectivity index (χ3n) is 1.37. The maximum atomic E-state index is 5.16. The van der Waals surface area contributed by atoms with Gasteiger partial charge in [0.05, 0.1) is 11.6 Å². The summed E-state index contributed by atoms with van der Waals surface area (Å²) in [5.74, 6) is 0. The molecule has 10 heavy (non-hydrogen) atoms. The van der Waals surface area contributed by atoms with E-state index in [-0.39, 0.29) is 5.54 Å². The fraction of sp³-hybridized carbons (Fsp3) is 0.875. The molecule has 0 aromatic carbocycles. The van der Waals surface area contributed by atoms with Crippen LogP contribution in [0, 0.1) is 0 Å². The molecule has 58 valence electrons. The zero-order valence-electron chi connectivity index (χ0n) is 7.09. The van der Waals surface area contributed by atoms with Crippen LogP contribution >= 0.6 is 0 Å². The monoisotopic (exact) mass is 141 g/mol.